The molecule has 0 aromatic carbocycles. The summed E-state index contributed by atoms with van der Waals surface area (Å²) >= 11 is 0. The van der Waals surface area contributed by atoms with Crippen molar-refractivity contribution < 1.29 is 22.8 Å². The van der Waals surface area contributed by atoms with Gasteiger partial charge in [0.05, 0.1) is 25.1 Å². The van der Waals surface area contributed by atoms with Crippen LogP contribution >= 0.6 is 0 Å². The number of hydrogen-bond acceptors (Lipinski definition) is 5. The Bertz CT molecular complexity index is 296. The molecule has 0 heterocycles. The molecule has 0 aliphatic carbocycles. The number of ether oxygens (including phenoxy) is 1. The monoisotopic (exact) mass is 276 g/mol. The van der Waals surface area contributed by atoms with Crippen LogP contribution in [0, 0.1) is 0 Å². The van der Waals surface area contributed by atoms with E-state index in [4.69, 9.17) is 9.29 Å². The number of aliphatic hydroxyl groups is 1. The van der Waals surface area contributed by atoms with Crippen molar-refractivity contribution in [2.45, 2.75) is 6.10 Å². The van der Waals surface area contributed by atoms with Crippen molar-refractivity contribution >= 4 is 39.7 Å². The van der Waals surface area contributed by atoms with Crippen LogP contribution in [0.1, 0.15) is 0 Å². The average Bonchev–Trinajstić information content (AvgIpc) is 2.14. The molecule has 8 heteroatoms. The van der Waals surface area contributed by atoms with Crippen LogP contribution in [0.25, 0.3) is 0 Å². The van der Waals surface area contributed by atoms with Gasteiger partial charge in [-0.1, -0.05) is 6.08 Å². The van der Waals surface area contributed by atoms with Gasteiger partial charge in [-0.05, 0) is 7.05 Å². The molecule has 1 atom stereocenters. The molecule has 97 valence electrons. The molecular weight excluding hydrogens is 257 g/mol. The molecule has 0 aromatic heterocycles. The summed E-state index contributed by atoms with van der Waals surface area (Å²) in [5.41, 5.74) is 0. The molecule has 17 heavy (non-hydrogen) atoms. The molecule has 6 nitrogen and oxygen atoms in total. The van der Waals surface area contributed by atoms with E-state index in [1.165, 1.54) is 0 Å². The quantitative estimate of drug-likeness (QED) is 0.243. The zero-order valence-corrected chi connectivity index (χ0v) is 13.2. The van der Waals surface area contributed by atoms with E-state index in [1.807, 2.05) is 0 Å². The van der Waals surface area contributed by atoms with E-state index < -0.39 is 16.2 Å². The van der Waals surface area contributed by atoms with Gasteiger partial charge in [0, 0.05) is 42.6 Å². The van der Waals surface area contributed by atoms with E-state index >= 15 is 0 Å². The molecule has 0 aromatic rings. The van der Waals surface area contributed by atoms with E-state index in [-0.39, 0.29) is 55.0 Å². The Labute approximate surface area is 125 Å². The van der Waals surface area contributed by atoms with E-state index in [0.29, 0.717) is 6.61 Å². The molecule has 0 spiro atoms. The van der Waals surface area contributed by atoms with Crippen molar-refractivity contribution in [1.29, 1.82) is 0 Å². The first-order valence-electron chi connectivity index (χ1n) is 4.85. The summed E-state index contributed by atoms with van der Waals surface area (Å²) < 4.78 is 34.5. The van der Waals surface area contributed by atoms with Gasteiger partial charge in [0.1, 0.15) is 0 Å². The van der Waals surface area contributed by atoms with E-state index in [0.717, 1.165) is 0 Å². The number of likely N-dealkylation sites (N-methyl/N-ethyl adjacent to an activating group) is 1. The zero-order chi connectivity index (χ0) is 12.6. The molecule has 0 saturated carbocycles. The van der Waals surface area contributed by atoms with Crippen molar-refractivity contribution in [2.75, 3.05) is 39.1 Å². The molecule has 0 rings (SSSR count). The fourth-order valence-corrected chi connectivity index (χ4v) is 1.60. The molecule has 1 radical (unpaired) electrons. The van der Waals surface area contributed by atoms with Gasteiger partial charge in [0.25, 0.3) is 10.1 Å². The fourth-order valence-electron chi connectivity index (χ4n) is 1.06. The first kappa shape index (κ1) is 19.9. The Hall–Kier alpha value is 0.530. The van der Waals surface area contributed by atoms with Gasteiger partial charge in [0.2, 0.25) is 0 Å². The average molecular weight is 276 g/mol. The minimum Gasteiger partial charge on any atom is -0.389 e. The molecule has 1 unspecified atom stereocenters. The van der Waals surface area contributed by atoms with Gasteiger partial charge in [-0.25, -0.2) is 0 Å². The van der Waals surface area contributed by atoms with Gasteiger partial charge >= 0.3 is 0 Å². The molecule has 0 bridgehead atoms. The van der Waals surface area contributed by atoms with Crippen LogP contribution in [0.2, 0.25) is 0 Å². The van der Waals surface area contributed by atoms with Crippen molar-refractivity contribution in [1.82, 2.24) is 4.90 Å². The van der Waals surface area contributed by atoms with Gasteiger partial charge in [-0.2, -0.15) is 8.42 Å². The third kappa shape index (κ3) is 14.5. The Kier molecular flexibility index (Phi) is 12.2. The van der Waals surface area contributed by atoms with Crippen LogP contribution in [-0.2, 0) is 14.9 Å². The van der Waals surface area contributed by atoms with Gasteiger partial charge in [0.15, 0.2) is 0 Å². The Morgan fingerprint density at radius 3 is 2.59 bits per heavy atom. The first-order valence-corrected chi connectivity index (χ1v) is 6.46. The molecular formula is C9H19NNaO5S. The normalized spacial score (nSPS) is 13.2. The van der Waals surface area contributed by atoms with Crippen molar-refractivity contribution in [3.8, 4) is 0 Å². The molecule has 0 aliphatic rings. The van der Waals surface area contributed by atoms with Crippen LogP contribution in [0.15, 0.2) is 12.7 Å². The number of hydrogen-bond donors (Lipinski definition) is 2. The first-order chi connectivity index (χ1) is 7.35. The third-order valence-electron chi connectivity index (χ3n) is 1.80. The summed E-state index contributed by atoms with van der Waals surface area (Å²) in [6, 6.07) is 0. The van der Waals surface area contributed by atoms with Gasteiger partial charge in [-0.15, -0.1) is 6.58 Å². The third-order valence-corrected chi connectivity index (χ3v) is 2.50. The summed E-state index contributed by atoms with van der Waals surface area (Å²) in [6.45, 7) is 4.45. The number of nitrogens with zero attached hydrogens (tertiary/aromatic N) is 1. The molecule has 2 N–H and O–H groups in total. The predicted molar refractivity (Wildman–Crippen MR) is 66.7 cm³/mol. The van der Waals surface area contributed by atoms with Crippen LogP contribution in [0.5, 0.6) is 0 Å². The molecule has 0 fully saturated rings. The Morgan fingerprint density at radius 2 is 2.12 bits per heavy atom. The standard InChI is InChI=1S/C9H19NO5S.Na/c1-3-5-15-8-9(11)7-10(2)4-6-16(12,13)14;/h3,9,11H,1,4-8H2,2H3,(H,12,13,14);. The molecule has 0 saturated heterocycles. The summed E-state index contributed by atoms with van der Waals surface area (Å²) in [5, 5.41) is 9.46. The van der Waals surface area contributed by atoms with Crippen molar-refractivity contribution in [3.63, 3.8) is 0 Å². The predicted octanol–water partition coefficient (Wildman–Crippen LogP) is -1.01. The SMILES string of the molecule is C=CCOCC(O)CN(C)CCS(=O)(=O)O.[Na]. The van der Waals surface area contributed by atoms with Crippen molar-refractivity contribution in [2.24, 2.45) is 0 Å². The summed E-state index contributed by atoms with van der Waals surface area (Å²) in [5.74, 6) is -0.344. The van der Waals surface area contributed by atoms with Crippen molar-refractivity contribution in [3.05, 3.63) is 12.7 Å². The number of rotatable bonds is 9. The largest absolute Gasteiger partial charge is 0.389 e. The minimum atomic E-state index is -3.94. The van der Waals surface area contributed by atoms with Crippen LogP contribution in [0.3, 0.4) is 0 Å². The molecule has 0 aliphatic heterocycles. The Morgan fingerprint density at radius 1 is 1.53 bits per heavy atom. The van der Waals surface area contributed by atoms with Gasteiger partial charge in [-0.3, -0.25) is 4.55 Å². The summed E-state index contributed by atoms with van der Waals surface area (Å²) in [7, 11) is -2.29. The topological polar surface area (TPSA) is 87.1 Å². The summed E-state index contributed by atoms with van der Waals surface area (Å²) in [4.78, 5) is 1.61. The smallest absolute Gasteiger partial charge is 0.266 e. The van der Waals surface area contributed by atoms with E-state index in [2.05, 4.69) is 6.58 Å². The van der Waals surface area contributed by atoms with Crippen LogP contribution in [-0.4, -0.2) is 97.7 Å². The minimum absolute atomic E-state index is 0. The maximum absolute atomic E-state index is 10.5. The van der Waals surface area contributed by atoms with Crippen LogP contribution in [0.4, 0.5) is 0 Å². The van der Waals surface area contributed by atoms with E-state index in [9.17, 15) is 13.5 Å². The second kappa shape index (κ2) is 10.5. The molecule has 0 amide bonds. The maximum Gasteiger partial charge on any atom is 0.266 e. The maximum atomic E-state index is 10.5. The second-order valence-electron chi connectivity index (χ2n) is 3.53. The Balaban J connectivity index is 0. The number of aliphatic hydroxyl groups excluding tert-OH is 1. The van der Waals surface area contributed by atoms with Crippen LogP contribution < -0.4 is 0 Å². The summed E-state index contributed by atoms with van der Waals surface area (Å²) in [6.07, 6.45) is 0.890. The second-order valence-corrected chi connectivity index (χ2v) is 5.10. The fraction of sp³-hybridized carbons (Fsp3) is 0.778. The van der Waals surface area contributed by atoms with Gasteiger partial charge < -0.3 is 14.7 Å². The zero-order valence-electron chi connectivity index (χ0n) is 10.4. The van der Waals surface area contributed by atoms with E-state index in [1.54, 1.807) is 18.0 Å².